The highest BCUT2D eigenvalue weighted by atomic mass is 16.7. The lowest BCUT2D eigenvalue weighted by Gasteiger charge is -2.02. The van der Waals surface area contributed by atoms with Crippen molar-refractivity contribution in [2.24, 2.45) is 7.05 Å². The third kappa shape index (κ3) is 3.02. The third-order valence-electron chi connectivity index (χ3n) is 4.64. The maximum Gasteiger partial charge on any atom is 0.355 e. The minimum absolute atomic E-state index is 0.0137. The number of rotatable bonds is 5. The number of hydrogen-bond donors (Lipinski definition) is 1. The van der Waals surface area contributed by atoms with E-state index in [-0.39, 0.29) is 24.8 Å². The smallest absolute Gasteiger partial charge is 0.355 e. The highest BCUT2D eigenvalue weighted by Gasteiger charge is 2.23. The molecule has 0 saturated carbocycles. The largest absolute Gasteiger partial charge is 0.454 e. The first-order valence-corrected chi connectivity index (χ1v) is 8.46. The van der Waals surface area contributed by atoms with Crippen molar-refractivity contribution in [2.75, 3.05) is 12.5 Å². The van der Waals surface area contributed by atoms with Gasteiger partial charge in [0.15, 0.2) is 17.3 Å². The SMILES string of the molecule is Cn1c(-c2cccc([N+](=O)[O-])c2)c[n+](CC(=O)c2ccc3c(c2)OCO3)c1N. The van der Waals surface area contributed by atoms with Crippen molar-refractivity contribution in [1.29, 1.82) is 0 Å². The molecule has 2 heterocycles. The van der Waals surface area contributed by atoms with Gasteiger partial charge in [-0.3, -0.25) is 20.6 Å². The number of Topliss-reactive ketones (excluding diaryl/α,β-unsaturated/α-hetero) is 1. The number of fused-ring (bicyclic) bond motifs is 1. The summed E-state index contributed by atoms with van der Waals surface area (Å²) in [5.74, 6) is 1.35. The van der Waals surface area contributed by atoms with Gasteiger partial charge in [0.2, 0.25) is 6.79 Å². The number of benzene rings is 2. The summed E-state index contributed by atoms with van der Waals surface area (Å²) in [7, 11) is 1.74. The molecule has 2 N–H and O–H groups in total. The molecule has 2 aromatic carbocycles. The zero-order chi connectivity index (χ0) is 19.8. The van der Waals surface area contributed by atoms with Crippen LogP contribution in [-0.4, -0.2) is 22.1 Å². The van der Waals surface area contributed by atoms with Crippen LogP contribution in [0.15, 0.2) is 48.7 Å². The van der Waals surface area contributed by atoms with Gasteiger partial charge in [-0.2, -0.15) is 0 Å². The molecule has 0 spiro atoms. The Kier molecular flexibility index (Phi) is 4.19. The molecule has 0 atom stereocenters. The van der Waals surface area contributed by atoms with Crippen molar-refractivity contribution >= 4 is 17.4 Å². The summed E-state index contributed by atoms with van der Waals surface area (Å²) in [6, 6.07) is 11.3. The lowest BCUT2D eigenvalue weighted by molar-refractivity contribution is -0.667. The van der Waals surface area contributed by atoms with Crippen LogP contribution in [0.2, 0.25) is 0 Å². The van der Waals surface area contributed by atoms with E-state index in [0.29, 0.717) is 34.3 Å². The van der Waals surface area contributed by atoms with Gasteiger partial charge < -0.3 is 9.47 Å². The summed E-state index contributed by atoms with van der Waals surface area (Å²) in [6.07, 6.45) is 1.71. The number of carbonyl (C=O) groups excluding carboxylic acids is 1. The molecule has 0 aliphatic carbocycles. The van der Waals surface area contributed by atoms with Crippen molar-refractivity contribution < 1.29 is 23.8 Å². The molecule has 0 radical (unpaired) electrons. The molecule has 9 heteroatoms. The molecule has 1 aromatic heterocycles. The molecule has 0 bridgehead atoms. The molecule has 0 amide bonds. The highest BCUT2D eigenvalue weighted by molar-refractivity contribution is 5.95. The second-order valence-corrected chi connectivity index (χ2v) is 6.36. The predicted octanol–water partition coefficient (Wildman–Crippen LogP) is 2.08. The Labute approximate surface area is 159 Å². The number of aromatic nitrogens is 2. The molecular formula is C19H17N4O5+. The van der Waals surface area contributed by atoms with Gasteiger partial charge in [-0.15, -0.1) is 0 Å². The molecule has 3 aromatic rings. The number of carbonyl (C=O) groups is 1. The number of hydrogen-bond acceptors (Lipinski definition) is 6. The summed E-state index contributed by atoms with van der Waals surface area (Å²) < 4.78 is 13.9. The summed E-state index contributed by atoms with van der Waals surface area (Å²) in [5.41, 5.74) is 7.92. The maximum absolute atomic E-state index is 12.7. The van der Waals surface area contributed by atoms with E-state index < -0.39 is 4.92 Å². The lowest BCUT2D eigenvalue weighted by atomic mass is 10.1. The summed E-state index contributed by atoms with van der Waals surface area (Å²) in [5, 5.41) is 11.0. The number of ketones is 1. The molecule has 28 heavy (non-hydrogen) atoms. The topological polar surface area (TPSA) is 114 Å². The predicted molar refractivity (Wildman–Crippen MR) is 99.0 cm³/mol. The second-order valence-electron chi connectivity index (χ2n) is 6.36. The average Bonchev–Trinajstić information content (AvgIpc) is 3.27. The molecule has 1 aliphatic rings. The van der Waals surface area contributed by atoms with Gasteiger partial charge in [-0.1, -0.05) is 12.1 Å². The van der Waals surface area contributed by atoms with Crippen LogP contribution >= 0.6 is 0 Å². The number of nitrogens with two attached hydrogens (primary N) is 1. The molecule has 142 valence electrons. The zero-order valence-corrected chi connectivity index (χ0v) is 15.0. The Morgan fingerprint density at radius 1 is 1.25 bits per heavy atom. The Morgan fingerprint density at radius 2 is 2.04 bits per heavy atom. The fourth-order valence-corrected chi connectivity index (χ4v) is 3.11. The van der Waals surface area contributed by atoms with Crippen LogP contribution in [0, 0.1) is 10.1 Å². The van der Waals surface area contributed by atoms with Crippen LogP contribution < -0.4 is 19.8 Å². The van der Waals surface area contributed by atoms with Crippen molar-refractivity contribution in [3.05, 3.63) is 64.3 Å². The lowest BCUT2D eigenvalue weighted by Crippen LogP contribution is -2.39. The van der Waals surface area contributed by atoms with Crippen LogP contribution in [-0.2, 0) is 13.6 Å². The summed E-state index contributed by atoms with van der Waals surface area (Å²) in [6.45, 7) is 0.161. The van der Waals surface area contributed by atoms with Crippen LogP contribution in [0.4, 0.5) is 11.6 Å². The van der Waals surface area contributed by atoms with E-state index in [1.54, 1.807) is 52.7 Å². The first-order chi connectivity index (χ1) is 13.4. The van der Waals surface area contributed by atoms with Crippen LogP contribution in [0.1, 0.15) is 10.4 Å². The number of nitrogen functional groups attached to an aromatic ring is 1. The molecule has 0 saturated heterocycles. The Hall–Kier alpha value is -3.88. The van der Waals surface area contributed by atoms with E-state index in [1.165, 1.54) is 12.1 Å². The molecular weight excluding hydrogens is 364 g/mol. The van der Waals surface area contributed by atoms with Gasteiger partial charge in [0.1, 0.15) is 18.4 Å². The van der Waals surface area contributed by atoms with E-state index >= 15 is 0 Å². The average molecular weight is 381 g/mol. The number of nitro benzene ring substituents is 1. The fraction of sp³-hybridized carbons (Fsp3) is 0.158. The van der Waals surface area contributed by atoms with E-state index in [1.807, 2.05) is 0 Å². The minimum Gasteiger partial charge on any atom is -0.454 e. The van der Waals surface area contributed by atoms with Crippen LogP contribution in [0.25, 0.3) is 11.3 Å². The second kappa shape index (κ2) is 6.69. The number of non-ortho nitro benzene ring substituents is 1. The number of anilines is 1. The van der Waals surface area contributed by atoms with Gasteiger partial charge in [0, 0.05) is 23.3 Å². The Balaban J connectivity index is 1.63. The number of nitrogens with zero attached hydrogens (tertiary/aromatic N) is 3. The Morgan fingerprint density at radius 3 is 2.82 bits per heavy atom. The molecule has 9 nitrogen and oxygen atoms in total. The molecule has 0 unspecified atom stereocenters. The van der Waals surface area contributed by atoms with Crippen molar-refractivity contribution in [3.63, 3.8) is 0 Å². The molecule has 4 rings (SSSR count). The minimum atomic E-state index is -0.451. The maximum atomic E-state index is 12.7. The number of imidazole rings is 1. The van der Waals surface area contributed by atoms with Crippen molar-refractivity contribution in [3.8, 4) is 22.8 Å². The van der Waals surface area contributed by atoms with Crippen LogP contribution in [0.5, 0.6) is 11.5 Å². The van der Waals surface area contributed by atoms with Crippen LogP contribution in [0.3, 0.4) is 0 Å². The third-order valence-corrected chi connectivity index (χ3v) is 4.64. The molecule has 0 fully saturated rings. The number of ether oxygens (including phenoxy) is 2. The van der Waals surface area contributed by atoms with Gasteiger partial charge in [0.05, 0.1) is 12.0 Å². The fourth-order valence-electron chi connectivity index (χ4n) is 3.11. The first-order valence-electron chi connectivity index (χ1n) is 8.46. The van der Waals surface area contributed by atoms with E-state index in [0.717, 1.165) is 0 Å². The van der Waals surface area contributed by atoms with Gasteiger partial charge in [0.25, 0.3) is 5.69 Å². The monoisotopic (exact) mass is 381 g/mol. The first kappa shape index (κ1) is 17.5. The van der Waals surface area contributed by atoms with Gasteiger partial charge in [-0.25, -0.2) is 9.13 Å². The standard InChI is InChI=1S/C19H16N4O5/c1-21-15(12-3-2-4-14(7-12)23(25)26)9-22(19(21)20)10-16(24)13-5-6-17-18(8-13)28-11-27-17/h2-9,20H,10-11H2,1H3/p+1. The van der Waals surface area contributed by atoms with Crippen molar-refractivity contribution in [2.45, 2.75) is 6.54 Å². The summed E-state index contributed by atoms with van der Waals surface area (Å²) >= 11 is 0. The van der Waals surface area contributed by atoms with Gasteiger partial charge >= 0.3 is 5.95 Å². The normalized spacial score (nSPS) is 12.2. The van der Waals surface area contributed by atoms with E-state index in [4.69, 9.17) is 15.2 Å². The van der Waals surface area contributed by atoms with E-state index in [9.17, 15) is 14.9 Å². The zero-order valence-electron chi connectivity index (χ0n) is 15.0. The number of nitro groups is 1. The van der Waals surface area contributed by atoms with E-state index in [2.05, 4.69) is 0 Å². The molecule has 1 aliphatic heterocycles. The summed E-state index contributed by atoms with van der Waals surface area (Å²) in [4.78, 5) is 23.3. The van der Waals surface area contributed by atoms with Gasteiger partial charge in [-0.05, 0) is 18.2 Å². The Bertz CT molecular complexity index is 1110. The highest BCUT2D eigenvalue weighted by Crippen LogP contribution is 2.32. The quantitative estimate of drug-likeness (QED) is 0.313. The van der Waals surface area contributed by atoms with Crippen molar-refractivity contribution in [1.82, 2.24) is 4.57 Å².